The number of methoxy groups -OCH3 is 2. The molecule has 0 unspecified atom stereocenters. The van der Waals surface area contributed by atoms with Gasteiger partial charge in [0.15, 0.2) is 11.5 Å². The van der Waals surface area contributed by atoms with E-state index in [1.54, 1.807) is 14.2 Å². The minimum atomic E-state index is -0.175. The Kier molecular flexibility index (Phi) is 5.11. The highest BCUT2D eigenvalue weighted by Gasteiger charge is 2.34. The molecule has 2 heterocycles. The SMILES string of the molecule is COc1ccc([C@H]2CC(=O)Nc3c2c(-c2ccccc2)nn3-c2ccccc2)cc1OC. The van der Waals surface area contributed by atoms with Gasteiger partial charge in [0, 0.05) is 23.5 Å². The Labute approximate surface area is 186 Å². The number of benzene rings is 3. The zero-order valence-corrected chi connectivity index (χ0v) is 17.9. The fourth-order valence-electron chi connectivity index (χ4n) is 4.27. The van der Waals surface area contributed by atoms with E-state index in [-0.39, 0.29) is 11.8 Å². The molecule has 0 fully saturated rings. The van der Waals surface area contributed by atoms with Crippen LogP contribution in [0.2, 0.25) is 0 Å². The van der Waals surface area contributed by atoms with Crippen molar-refractivity contribution in [3.63, 3.8) is 0 Å². The molecule has 0 saturated heterocycles. The van der Waals surface area contributed by atoms with Crippen molar-refractivity contribution in [3.05, 3.63) is 90.0 Å². The summed E-state index contributed by atoms with van der Waals surface area (Å²) >= 11 is 0. The zero-order chi connectivity index (χ0) is 22.1. The van der Waals surface area contributed by atoms with Gasteiger partial charge in [-0.15, -0.1) is 0 Å². The lowest BCUT2D eigenvalue weighted by atomic mass is 9.84. The topological polar surface area (TPSA) is 65.4 Å². The van der Waals surface area contributed by atoms with Gasteiger partial charge in [-0.2, -0.15) is 5.10 Å². The first-order chi connectivity index (χ1) is 15.7. The second-order valence-corrected chi connectivity index (χ2v) is 7.64. The molecule has 6 heteroatoms. The largest absolute Gasteiger partial charge is 0.493 e. The third-order valence-electron chi connectivity index (χ3n) is 5.78. The standard InChI is InChI=1S/C26H23N3O3/c1-31-21-14-13-18(15-22(21)32-2)20-16-23(30)27-26-24(20)25(17-9-5-3-6-10-17)28-29(26)19-11-7-4-8-12-19/h3-15,20H,16H2,1-2H3,(H,27,30)/t20-/m1/s1. The van der Waals surface area contributed by atoms with Crippen LogP contribution in [0, 0.1) is 0 Å². The predicted octanol–water partition coefficient (Wildman–Crippen LogP) is 5.03. The third-order valence-corrected chi connectivity index (χ3v) is 5.78. The predicted molar refractivity (Wildman–Crippen MR) is 124 cm³/mol. The molecule has 0 saturated carbocycles. The van der Waals surface area contributed by atoms with E-state index < -0.39 is 0 Å². The molecule has 1 aliphatic rings. The fourth-order valence-corrected chi connectivity index (χ4v) is 4.27. The van der Waals surface area contributed by atoms with E-state index in [0.717, 1.165) is 28.1 Å². The van der Waals surface area contributed by atoms with Gasteiger partial charge in [0.1, 0.15) is 5.82 Å². The van der Waals surface area contributed by atoms with Crippen LogP contribution in [0.1, 0.15) is 23.5 Å². The monoisotopic (exact) mass is 425 g/mol. The van der Waals surface area contributed by atoms with Gasteiger partial charge in [-0.25, -0.2) is 4.68 Å². The maximum absolute atomic E-state index is 12.8. The van der Waals surface area contributed by atoms with Crippen molar-refractivity contribution in [1.82, 2.24) is 9.78 Å². The molecule has 4 aromatic rings. The number of amides is 1. The van der Waals surface area contributed by atoms with Crippen LogP contribution >= 0.6 is 0 Å². The molecule has 5 rings (SSSR count). The Bertz CT molecular complexity index is 1270. The highest BCUT2D eigenvalue weighted by atomic mass is 16.5. The number of ether oxygens (including phenoxy) is 2. The molecule has 160 valence electrons. The number of hydrogen-bond donors (Lipinski definition) is 1. The van der Waals surface area contributed by atoms with E-state index in [4.69, 9.17) is 14.6 Å². The van der Waals surface area contributed by atoms with Crippen LogP contribution in [-0.2, 0) is 4.79 Å². The minimum absolute atomic E-state index is 0.0472. The lowest BCUT2D eigenvalue weighted by Gasteiger charge is -2.25. The number of rotatable bonds is 5. The molecule has 0 aliphatic carbocycles. The van der Waals surface area contributed by atoms with Gasteiger partial charge in [-0.1, -0.05) is 54.6 Å². The van der Waals surface area contributed by atoms with E-state index in [2.05, 4.69) is 5.32 Å². The summed E-state index contributed by atoms with van der Waals surface area (Å²) < 4.78 is 12.8. The van der Waals surface area contributed by atoms with E-state index in [1.165, 1.54) is 0 Å². The normalized spacial score (nSPS) is 15.1. The molecular formula is C26H23N3O3. The number of para-hydroxylation sites is 1. The van der Waals surface area contributed by atoms with Crippen molar-refractivity contribution in [2.45, 2.75) is 12.3 Å². The van der Waals surface area contributed by atoms with Crippen molar-refractivity contribution in [3.8, 4) is 28.4 Å². The van der Waals surface area contributed by atoms with Crippen molar-refractivity contribution < 1.29 is 14.3 Å². The van der Waals surface area contributed by atoms with Crippen LogP contribution < -0.4 is 14.8 Å². The van der Waals surface area contributed by atoms with E-state index in [0.29, 0.717) is 23.7 Å². The van der Waals surface area contributed by atoms with Crippen LogP contribution in [0.3, 0.4) is 0 Å². The molecule has 3 aromatic carbocycles. The Morgan fingerprint density at radius 3 is 2.28 bits per heavy atom. The molecule has 6 nitrogen and oxygen atoms in total. The summed E-state index contributed by atoms with van der Waals surface area (Å²) in [4.78, 5) is 12.8. The molecule has 1 N–H and O–H groups in total. The maximum atomic E-state index is 12.8. The fraction of sp³-hybridized carbons (Fsp3) is 0.154. The molecule has 1 atom stereocenters. The van der Waals surface area contributed by atoms with E-state index >= 15 is 0 Å². The first kappa shape index (κ1) is 19.9. The van der Waals surface area contributed by atoms with Gasteiger partial charge in [0.25, 0.3) is 0 Å². The highest BCUT2D eigenvalue weighted by Crippen LogP contribution is 2.45. The van der Waals surface area contributed by atoms with Gasteiger partial charge in [0.05, 0.1) is 25.6 Å². The second kappa shape index (κ2) is 8.23. The summed E-state index contributed by atoms with van der Waals surface area (Å²) in [6.07, 6.45) is 0.322. The number of carbonyl (C=O) groups is 1. The number of anilines is 1. The summed E-state index contributed by atoms with van der Waals surface area (Å²) in [6.45, 7) is 0. The molecule has 32 heavy (non-hydrogen) atoms. The molecule has 0 radical (unpaired) electrons. The average molecular weight is 425 g/mol. The minimum Gasteiger partial charge on any atom is -0.493 e. The lowest BCUT2D eigenvalue weighted by Crippen LogP contribution is -2.25. The molecule has 1 amide bonds. The van der Waals surface area contributed by atoms with E-state index in [1.807, 2.05) is 83.5 Å². The van der Waals surface area contributed by atoms with Crippen LogP contribution in [-0.4, -0.2) is 29.9 Å². The smallest absolute Gasteiger partial charge is 0.226 e. The van der Waals surface area contributed by atoms with Gasteiger partial charge in [-0.3, -0.25) is 4.79 Å². The summed E-state index contributed by atoms with van der Waals surface area (Å²) in [6, 6.07) is 25.7. The molecule has 0 spiro atoms. The Balaban J connectivity index is 1.75. The zero-order valence-electron chi connectivity index (χ0n) is 17.9. The van der Waals surface area contributed by atoms with Gasteiger partial charge < -0.3 is 14.8 Å². The second-order valence-electron chi connectivity index (χ2n) is 7.64. The summed E-state index contributed by atoms with van der Waals surface area (Å²) in [5, 5.41) is 8.04. The van der Waals surface area contributed by atoms with Gasteiger partial charge in [0.2, 0.25) is 5.91 Å². The van der Waals surface area contributed by atoms with Crippen molar-refractivity contribution in [2.24, 2.45) is 0 Å². The number of nitrogens with one attached hydrogen (secondary N) is 1. The first-order valence-electron chi connectivity index (χ1n) is 10.4. The highest BCUT2D eigenvalue weighted by molar-refractivity contribution is 5.96. The molecule has 0 bridgehead atoms. The van der Waals surface area contributed by atoms with Crippen molar-refractivity contribution >= 4 is 11.7 Å². The van der Waals surface area contributed by atoms with Crippen LogP contribution in [0.4, 0.5) is 5.82 Å². The van der Waals surface area contributed by atoms with Crippen molar-refractivity contribution in [1.29, 1.82) is 0 Å². The lowest BCUT2D eigenvalue weighted by molar-refractivity contribution is -0.116. The number of carbonyl (C=O) groups excluding carboxylic acids is 1. The Morgan fingerprint density at radius 2 is 1.59 bits per heavy atom. The number of aromatic nitrogens is 2. The van der Waals surface area contributed by atoms with Crippen molar-refractivity contribution in [2.75, 3.05) is 19.5 Å². The first-order valence-corrected chi connectivity index (χ1v) is 10.4. The molecule has 1 aromatic heterocycles. The maximum Gasteiger partial charge on any atom is 0.226 e. The molecule has 1 aliphatic heterocycles. The molecular weight excluding hydrogens is 402 g/mol. The Hall–Kier alpha value is -4.06. The number of hydrogen-bond acceptors (Lipinski definition) is 4. The summed E-state index contributed by atoms with van der Waals surface area (Å²) in [5.41, 5.74) is 4.71. The average Bonchev–Trinajstić information content (AvgIpc) is 3.23. The summed E-state index contributed by atoms with van der Waals surface area (Å²) in [5.74, 6) is 1.76. The van der Waals surface area contributed by atoms with Gasteiger partial charge in [-0.05, 0) is 29.8 Å². The third kappa shape index (κ3) is 3.39. The quantitative estimate of drug-likeness (QED) is 0.487. The Morgan fingerprint density at radius 1 is 0.906 bits per heavy atom. The van der Waals surface area contributed by atoms with Gasteiger partial charge >= 0.3 is 0 Å². The van der Waals surface area contributed by atoms with Crippen LogP contribution in [0.25, 0.3) is 16.9 Å². The van der Waals surface area contributed by atoms with E-state index in [9.17, 15) is 4.79 Å². The van der Waals surface area contributed by atoms with Crippen LogP contribution in [0.15, 0.2) is 78.9 Å². The number of nitrogens with zero attached hydrogens (tertiary/aromatic N) is 2. The number of fused-ring (bicyclic) bond motifs is 1. The van der Waals surface area contributed by atoms with Crippen LogP contribution in [0.5, 0.6) is 11.5 Å². The summed E-state index contributed by atoms with van der Waals surface area (Å²) in [7, 11) is 3.23.